The Kier molecular flexibility index (Phi) is 5.50. The fourth-order valence-corrected chi connectivity index (χ4v) is 3.00. The normalized spacial score (nSPS) is 13.9. The second-order valence-corrected chi connectivity index (χ2v) is 6.77. The van der Waals surface area contributed by atoms with Crippen LogP contribution >= 0.6 is 11.8 Å². The monoisotopic (exact) mass is 394 g/mol. The van der Waals surface area contributed by atoms with Crippen LogP contribution in [0.3, 0.4) is 0 Å². The minimum absolute atomic E-state index is 0.0336. The van der Waals surface area contributed by atoms with Gasteiger partial charge in [0.1, 0.15) is 0 Å². The summed E-state index contributed by atoms with van der Waals surface area (Å²) in [6.07, 6.45) is -3.70. The zero-order valence-corrected chi connectivity index (χ0v) is 15.1. The smallest absolute Gasteiger partial charge is 0.395 e. The molecule has 2 N–H and O–H groups in total. The number of rotatable bonds is 6. The lowest BCUT2D eigenvalue weighted by Crippen LogP contribution is -2.25. The number of halogens is 2. The highest BCUT2D eigenvalue weighted by atomic mass is 32.2. The number of hydrogen-bond acceptors (Lipinski definition) is 5. The second-order valence-electron chi connectivity index (χ2n) is 5.79. The first-order valence-corrected chi connectivity index (χ1v) is 9.10. The van der Waals surface area contributed by atoms with E-state index in [1.807, 2.05) is 25.1 Å². The molecule has 9 heteroatoms. The summed E-state index contributed by atoms with van der Waals surface area (Å²) in [6.45, 7) is 1.92. The summed E-state index contributed by atoms with van der Waals surface area (Å²) in [6, 6.07) is 11.4. The van der Waals surface area contributed by atoms with Gasteiger partial charge in [0.05, 0.1) is 11.5 Å². The highest BCUT2D eigenvalue weighted by Crippen LogP contribution is 2.42. The number of alkyl halides is 2. The molecule has 0 bridgehead atoms. The molecule has 142 valence electrons. The Morgan fingerprint density at radius 1 is 0.963 bits per heavy atom. The quantitative estimate of drug-likeness (QED) is 0.783. The Morgan fingerprint density at radius 3 is 2.26 bits per heavy atom. The molecule has 0 fully saturated rings. The molecular formula is C18H16F2N2O4S. The first-order chi connectivity index (χ1) is 12.8. The maximum absolute atomic E-state index is 13.0. The van der Waals surface area contributed by atoms with Crippen LogP contribution in [0.4, 0.5) is 20.2 Å². The van der Waals surface area contributed by atoms with E-state index in [1.165, 1.54) is 18.2 Å². The van der Waals surface area contributed by atoms with Gasteiger partial charge < -0.3 is 20.1 Å². The molecule has 27 heavy (non-hydrogen) atoms. The third-order valence-corrected chi connectivity index (χ3v) is 4.39. The van der Waals surface area contributed by atoms with Crippen molar-refractivity contribution in [1.82, 2.24) is 0 Å². The molecule has 2 aromatic carbocycles. The number of benzene rings is 2. The van der Waals surface area contributed by atoms with Crippen molar-refractivity contribution in [1.29, 1.82) is 0 Å². The lowest BCUT2D eigenvalue weighted by molar-refractivity contribution is -0.286. The summed E-state index contributed by atoms with van der Waals surface area (Å²) in [5.74, 6) is -0.693. The largest absolute Gasteiger partial charge is 0.586 e. The summed E-state index contributed by atoms with van der Waals surface area (Å²) in [5, 5.41) is 5.31. The molecule has 0 unspecified atom stereocenters. The lowest BCUT2D eigenvalue weighted by atomic mass is 10.2. The summed E-state index contributed by atoms with van der Waals surface area (Å²) in [7, 11) is 0. The molecule has 0 radical (unpaired) electrons. The Bertz CT molecular complexity index is 876. The van der Waals surface area contributed by atoms with Crippen molar-refractivity contribution in [2.75, 3.05) is 22.1 Å². The number of thioether (sulfide) groups is 1. The van der Waals surface area contributed by atoms with E-state index in [2.05, 4.69) is 20.1 Å². The van der Waals surface area contributed by atoms with E-state index in [1.54, 1.807) is 6.07 Å². The molecule has 0 aromatic heterocycles. The van der Waals surface area contributed by atoms with Crippen molar-refractivity contribution in [3.05, 3.63) is 48.0 Å². The molecule has 2 amide bonds. The Balaban J connectivity index is 1.43. The van der Waals surface area contributed by atoms with Crippen LogP contribution in [0.25, 0.3) is 0 Å². The van der Waals surface area contributed by atoms with Crippen LogP contribution in [0, 0.1) is 6.92 Å². The van der Waals surface area contributed by atoms with Gasteiger partial charge in [-0.2, -0.15) is 0 Å². The number of anilines is 2. The minimum atomic E-state index is -3.70. The zero-order valence-electron chi connectivity index (χ0n) is 14.3. The molecule has 0 aliphatic carbocycles. The Morgan fingerprint density at radius 2 is 1.59 bits per heavy atom. The van der Waals surface area contributed by atoms with Crippen LogP contribution in [-0.4, -0.2) is 29.6 Å². The van der Waals surface area contributed by atoms with Crippen LogP contribution < -0.4 is 20.1 Å². The van der Waals surface area contributed by atoms with Crippen LogP contribution in [0.2, 0.25) is 0 Å². The van der Waals surface area contributed by atoms with E-state index in [9.17, 15) is 18.4 Å². The lowest BCUT2D eigenvalue weighted by Gasteiger charge is -2.07. The van der Waals surface area contributed by atoms with Crippen molar-refractivity contribution in [3.63, 3.8) is 0 Å². The third kappa shape index (κ3) is 5.33. The SMILES string of the molecule is Cc1cccc(NC(=O)CSCC(=O)Nc2ccc3c(c2)OC(F)(F)O3)c1. The molecule has 3 rings (SSSR count). The molecule has 0 saturated carbocycles. The maximum atomic E-state index is 13.0. The van der Waals surface area contributed by atoms with Gasteiger partial charge in [0.15, 0.2) is 11.5 Å². The summed E-state index contributed by atoms with van der Waals surface area (Å²) >= 11 is 1.14. The first-order valence-electron chi connectivity index (χ1n) is 7.95. The predicted molar refractivity (Wildman–Crippen MR) is 98.4 cm³/mol. The van der Waals surface area contributed by atoms with Gasteiger partial charge in [-0.3, -0.25) is 9.59 Å². The van der Waals surface area contributed by atoms with Crippen molar-refractivity contribution >= 4 is 35.0 Å². The van der Waals surface area contributed by atoms with Crippen molar-refractivity contribution in [2.24, 2.45) is 0 Å². The number of nitrogens with one attached hydrogen (secondary N) is 2. The topological polar surface area (TPSA) is 76.7 Å². The van der Waals surface area contributed by atoms with Crippen molar-refractivity contribution < 1.29 is 27.8 Å². The molecule has 0 saturated heterocycles. The Labute approximate surface area is 158 Å². The van der Waals surface area contributed by atoms with Gasteiger partial charge in [-0.1, -0.05) is 12.1 Å². The Hall–Kier alpha value is -2.81. The predicted octanol–water partition coefficient (Wildman–Crippen LogP) is 3.63. The number of carbonyl (C=O) groups excluding carboxylic acids is 2. The first kappa shape index (κ1) is 19.0. The third-order valence-electron chi connectivity index (χ3n) is 3.45. The van der Waals surface area contributed by atoms with Crippen LogP contribution in [0.15, 0.2) is 42.5 Å². The van der Waals surface area contributed by atoms with E-state index in [0.29, 0.717) is 11.4 Å². The molecule has 1 aliphatic heterocycles. The van der Waals surface area contributed by atoms with Gasteiger partial charge in [0.25, 0.3) is 0 Å². The second kappa shape index (κ2) is 7.83. The standard InChI is InChI=1S/C18H16F2N2O4S/c1-11-3-2-4-12(7-11)21-16(23)9-27-10-17(24)22-13-5-6-14-15(8-13)26-18(19,20)25-14/h2-8H,9-10H2,1H3,(H,21,23)(H,22,24). The average molecular weight is 394 g/mol. The van der Waals surface area contributed by atoms with Crippen molar-refractivity contribution in [2.45, 2.75) is 13.2 Å². The van der Waals surface area contributed by atoms with Crippen LogP contribution in [0.1, 0.15) is 5.56 Å². The highest BCUT2D eigenvalue weighted by Gasteiger charge is 2.43. The maximum Gasteiger partial charge on any atom is 0.586 e. The number of fused-ring (bicyclic) bond motifs is 1. The number of ether oxygens (including phenoxy) is 2. The van der Waals surface area contributed by atoms with Gasteiger partial charge in [-0.05, 0) is 36.8 Å². The number of hydrogen-bond donors (Lipinski definition) is 2. The molecule has 1 heterocycles. The van der Waals surface area contributed by atoms with E-state index >= 15 is 0 Å². The van der Waals surface area contributed by atoms with Gasteiger partial charge in [0, 0.05) is 17.4 Å². The van der Waals surface area contributed by atoms with E-state index in [-0.39, 0.29) is 34.8 Å². The molecule has 2 aromatic rings. The fourth-order valence-electron chi connectivity index (χ4n) is 2.38. The van der Waals surface area contributed by atoms with Gasteiger partial charge in [-0.15, -0.1) is 20.5 Å². The van der Waals surface area contributed by atoms with Crippen LogP contribution in [0.5, 0.6) is 11.5 Å². The summed E-state index contributed by atoms with van der Waals surface area (Å²) in [4.78, 5) is 23.8. The summed E-state index contributed by atoms with van der Waals surface area (Å²) in [5.41, 5.74) is 2.02. The molecule has 0 atom stereocenters. The zero-order chi connectivity index (χ0) is 19.4. The summed E-state index contributed by atoms with van der Waals surface area (Å²) < 4.78 is 34.6. The van der Waals surface area contributed by atoms with E-state index in [4.69, 9.17) is 0 Å². The fraction of sp³-hybridized carbons (Fsp3) is 0.222. The number of aryl methyl sites for hydroxylation is 1. The van der Waals surface area contributed by atoms with Crippen LogP contribution in [-0.2, 0) is 9.59 Å². The van der Waals surface area contributed by atoms with Crippen molar-refractivity contribution in [3.8, 4) is 11.5 Å². The molecule has 6 nitrogen and oxygen atoms in total. The number of amides is 2. The van der Waals surface area contributed by atoms with Gasteiger partial charge in [0.2, 0.25) is 11.8 Å². The molecular weight excluding hydrogens is 378 g/mol. The molecule has 1 aliphatic rings. The average Bonchev–Trinajstić information content (AvgIpc) is 2.88. The number of carbonyl (C=O) groups is 2. The highest BCUT2D eigenvalue weighted by molar-refractivity contribution is 8.00. The molecule has 0 spiro atoms. The van der Waals surface area contributed by atoms with E-state index < -0.39 is 6.29 Å². The van der Waals surface area contributed by atoms with Gasteiger partial charge in [-0.25, -0.2) is 0 Å². The van der Waals surface area contributed by atoms with Gasteiger partial charge >= 0.3 is 6.29 Å². The van der Waals surface area contributed by atoms with E-state index in [0.717, 1.165) is 17.3 Å². The minimum Gasteiger partial charge on any atom is -0.395 e.